The van der Waals surface area contributed by atoms with Gasteiger partial charge < -0.3 is 0 Å². The number of hydrogen-bond donors (Lipinski definition) is 0. The fraction of sp³-hybridized carbons (Fsp3) is 0.667. The number of rotatable bonds is 7. The second-order valence-corrected chi connectivity index (χ2v) is 5.25. The van der Waals surface area contributed by atoms with Crippen LogP contribution in [0.5, 0.6) is 0 Å². The highest BCUT2D eigenvalue weighted by atomic mass is 35.5. The number of halogens is 1. The normalized spacial score (nSPS) is 10.7. The van der Waals surface area contributed by atoms with E-state index in [1.54, 1.807) is 11.8 Å². The smallest absolute Gasteiger partial charge is 0.133 e. The maximum Gasteiger partial charge on any atom is 0.133 e. The van der Waals surface area contributed by atoms with E-state index in [4.69, 9.17) is 11.6 Å². The van der Waals surface area contributed by atoms with Crippen LogP contribution in [0.15, 0.2) is 11.1 Å². The average molecular weight is 259 g/mol. The Kier molecular flexibility index (Phi) is 6.81. The third-order valence-electron chi connectivity index (χ3n) is 2.19. The second kappa shape index (κ2) is 7.91. The van der Waals surface area contributed by atoms with Gasteiger partial charge in [-0.15, -0.1) is 11.8 Å². The van der Waals surface area contributed by atoms with Gasteiger partial charge in [0.1, 0.15) is 16.0 Å². The monoisotopic (exact) mass is 258 g/mol. The average Bonchev–Trinajstić information content (AvgIpc) is 2.24. The molecular weight excluding hydrogens is 240 g/mol. The number of aryl methyl sites for hydroxylation is 1. The minimum atomic E-state index is 0.566. The summed E-state index contributed by atoms with van der Waals surface area (Å²) < 4.78 is 0. The lowest BCUT2D eigenvalue weighted by atomic mass is 10.3. The molecular formula is C12H19ClN2S. The van der Waals surface area contributed by atoms with Crippen LogP contribution in [0.1, 0.15) is 45.4 Å². The van der Waals surface area contributed by atoms with Crippen LogP contribution in [0.3, 0.4) is 0 Å². The van der Waals surface area contributed by atoms with Crippen LogP contribution in [0.25, 0.3) is 0 Å². The quantitative estimate of drug-likeness (QED) is 0.413. The van der Waals surface area contributed by atoms with E-state index in [0.717, 1.165) is 29.4 Å². The molecule has 90 valence electrons. The van der Waals surface area contributed by atoms with Gasteiger partial charge in [0.05, 0.1) is 0 Å². The Morgan fingerprint density at radius 2 is 2.00 bits per heavy atom. The molecule has 1 aromatic heterocycles. The van der Waals surface area contributed by atoms with E-state index in [1.165, 1.54) is 19.3 Å². The van der Waals surface area contributed by atoms with Gasteiger partial charge in [0.25, 0.3) is 0 Å². The van der Waals surface area contributed by atoms with Crippen LogP contribution in [-0.4, -0.2) is 15.7 Å². The standard InChI is InChI=1S/C12H19ClN2S/c1-3-5-6-8-16-12-9-10(13)14-11(15-12)7-4-2/h9H,3-8H2,1-2H3. The maximum absolute atomic E-state index is 5.96. The molecule has 0 saturated heterocycles. The Hall–Kier alpha value is -0.280. The van der Waals surface area contributed by atoms with E-state index in [-0.39, 0.29) is 0 Å². The van der Waals surface area contributed by atoms with E-state index in [2.05, 4.69) is 23.8 Å². The fourth-order valence-electron chi connectivity index (χ4n) is 1.38. The first-order chi connectivity index (χ1) is 7.76. The third kappa shape index (κ3) is 5.17. The molecule has 4 heteroatoms. The van der Waals surface area contributed by atoms with Crippen molar-refractivity contribution in [3.8, 4) is 0 Å². The number of aromatic nitrogens is 2. The van der Waals surface area contributed by atoms with Crippen LogP contribution >= 0.6 is 23.4 Å². The molecule has 0 aliphatic carbocycles. The molecule has 0 saturated carbocycles. The van der Waals surface area contributed by atoms with Crippen molar-refractivity contribution in [2.45, 2.75) is 51.0 Å². The molecule has 0 radical (unpaired) electrons. The zero-order valence-corrected chi connectivity index (χ0v) is 11.6. The van der Waals surface area contributed by atoms with E-state index >= 15 is 0 Å². The molecule has 0 amide bonds. The summed E-state index contributed by atoms with van der Waals surface area (Å²) in [7, 11) is 0. The minimum Gasteiger partial charge on any atom is -0.226 e. The largest absolute Gasteiger partial charge is 0.226 e. The van der Waals surface area contributed by atoms with Crippen molar-refractivity contribution in [1.82, 2.24) is 9.97 Å². The van der Waals surface area contributed by atoms with Crippen molar-refractivity contribution in [2.75, 3.05) is 5.75 Å². The molecule has 1 aromatic rings. The Bertz CT molecular complexity index is 318. The van der Waals surface area contributed by atoms with Gasteiger partial charge in [0.15, 0.2) is 0 Å². The lowest BCUT2D eigenvalue weighted by molar-refractivity contribution is 0.776. The zero-order valence-electron chi connectivity index (χ0n) is 10.0. The topological polar surface area (TPSA) is 25.8 Å². The van der Waals surface area contributed by atoms with Crippen LogP contribution in [0, 0.1) is 0 Å². The molecule has 0 atom stereocenters. The van der Waals surface area contributed by atoms with Gasteiger partial charge in [-0.05, 0) is 18.6 Å². The number of nitrogens with zero attached hydrogens (tertiary/aromatic N) is 2. The SMILES string of the molecule is CCCCCSc1cc(Cl)nc(CCC)n1. The van der Waals surface area contributed by atoms with Crippen LogP contribution in [-0.2, 0) is 6.42 Å². The molecule has 0 aliphatic rings. The van der Waals surface area contributed by atoms with Gasteiger partial charge in [-0.2, -0.15) is 0 Å². The first-order valence-electron chi connectivity index (χ1n) is 5.92. The minimum absolute atomic E-state index is 0.566. The number of thioether (sulfide) groups is 1. The van der Waals surface area contributed by atoms with Gasteiger partial charge in [0, 0.05) is 12.5 Å². The Morgan fingerprint density at radius 1 is 1.19 bits per heavy atom. The van der Waals surface area contributed by atoms with Crippen molar-refractivity contribution in [2.24, 2.45) is 0 Å². The molecule has 1 rings (SSSR count). The molecule has 0 bridgehead atoms. The van der Waals surface area contributed by atoms with Crippen molar-refractivity contribution >= 4 is 23.4 Å². The highest BCUT2D eigenvalue weighted by Crippen LogP contribution is 2.20. The molecule has 0 aliphatic heterocycles. The summed E-state index contributed by atoms with van der Waals surface area (Å²) in [6.07, 6.45) is 5.75. The molecule has 0 unspecified atom stereocenters. The molecule has 1 heterocycles. The zero-order chi connectivity index (χ0) is 11.8. The molecule has 16 heavy (non-hydrogen) atoms. The number of unbranched alkanes of at least 4 members (excludes halogenated alkanes) is 2. The van der Waals surface area contributed by atoms with Gasteiger partial charge in [0.2, 0.25) is 0 Å². The Balaban J connectivity index is 2.51. The third-order valence-corrected chi connectivity index (χ3v) is 3.38. The summed E-state index contributed by atoms with van der Waals surface area (Å²) in [5, 5.41) is 1.58. The lowest BCUT2D eigenvalue weighted by Crippen LogP contribution is -1.96. The molecule has 0 aromatic carbocycles. The van der Waals surface area contributed by atoms with Crippen molar-refractivity contribution in [3.05, 3.63) is 17.0 Å². The van der Waals surface area contributed by atoms with Crippen LogP contribution < -0.4 is 0 Å². The van der Waals surface area contributed by atoms with Gasteiger partial charge in [-0.1, -0.05) is 38.3 Å². The predicted molar refractivity (Wildman–Crippen MR) is 71.3 cm³/mol. The first kappa shape index (κ1) is 13.8. The predicted octanol–water partition coefficient (Wildman–Crippen LogP) is 4.36. The maximum atomic E-state index is 5.96. The molecule has 0 N–H and O–H groups in total. The molecule has 0 spiro atoms. The van der Waals surface area contributed by atoms with Crippen LogP contribution in [0.4, 0.5) is 0 Å². The summed E-state index contributed by atoms with van der Waals surface area (Å²) in [6.45, 7) is 4.34. The summed E-state index contributed by atoms with van der Waals surface area (Å²) in [5.74, 6) is 1.99. The summed E-state index contributed by atoms with van der Waals surface area (Å²) in [4.78, 5) is 8.70. The summed E-state index contributed by atoms with van der Waals surface area (Å²) in [5.41, 5.74) is 0. The van der Waals surface area contributed by atoms with E-state index in [0.29, 0.717) is 5.15 Å². The number of hydrogen-bond acceptors (Lipinski definition) is 3. The first-order valence-corrected chi connectivity index (χ1v) is 7.28. The van der Waals surface area contributed by atoms with Crippen LogP contribution in [0.2, 0.25) is 5.15 Å². The highest BCUT2D eigenvalue weighted by Gasteiger charge is 2.03. The van der Waals surface area contributed by atoms with Gasteiger partial charge in [-0.25, -0.2) is 9.97 Å². The second-order valence-electron chi connectivity index (χ2n) is 3.75. The van der Waals surface area contributed by atoms with Gasteiger partial charge in [-0.3, -0.25) is 0 Å². The Labute approximate surface area is 107 Å². The fourth-order valence-corrected chi connectivity index (χ4v) is 2.57. The molecule has 2 nitrogen and oxygen atoms in total. The summed E-state index contributed by atoms with van der Waals surface area (Å²) in [6, 6.07) is 1.86. The highest BCUT2D eigenvalue weighted by molar-refractivity contribution is 7.99. The summed E-state index contributed by atoms with van der Waals surface area (Å²) >= 11 is 7.74. The van der Waals surface area contributed by atoms with Crippen molar-refractivity contribution < 1.29 is 0 Å². The Morgan fingerprint density at radius 3 is 2.69 bits per heavy atom. The van der Waals surface area contributed by atoms with E-state index in [1.807, 2.05) is 6.07 Å². The van der Waals surface area contributed by atoms with E-state index < -0.39 is 0 Å². The lowest BCUT2D eigenvalue weighted by Gasteiger charge is -2.03. The van der Waals surface area contributed by atoms with E-state index in [9.17, 15) is 0 Å². The van der Waals surface area contributed by atoms with Crippen molar-refractivity contribution in [3.63, 3.8) is 0 Å². The van der Waals surface area contributed by atoms with Crippen molar-refractivity contribution in [1.29, 1.82) is 0 Å². The molecule has 0 fully saturated rings. The van der Waals surface area contributed by atoms with Gasteiger partial charge >= 0.3 is 0 Å².